The molecule has 7 nitrogen and oxygen atoms in total. The summed E-state index contributed by atoms with van der Waals surface area (Å²) in [5.74, 6) is -3.50. The van der Waals surface area contributed by atoms with Crippen molar-refractivity contribution in [2.45, 2.75) is 0 Å². The van der Waals surface area contributed by atoms with E-state index < -0.39 is 40.2 Å². The summed E-state index contributed by atoms with van der Waals surface area (Å²) in [7, 11) is 0. The average molecular weight is 246 g/mol. The Labute approximate surface area is 91.8 Å². The van der Waals surface area contributed by atoms with E-state index in [2.05, 4.69) is 4.18 Å². The van der Waals surface area contributed by atoms with Crippen molar-refractivity contribution in [3.8, 4) is 5.75 Å². The number of hydrogen-bond acceptors (Lipinski definition) is 4. The molecule has 0 aromatic heterocycles. The van der Waals surface area contributed by atoms with Gasteiger partial charge in [-0.15, -0.1) is 0 Å². The second-order valence-electron chi connectivity index (χ2n) is 2.59. The summed E-state index contributed by atoms with van der Waals surface area (Å²) in [4.78, 5) is 21.5. The lowest BCUT2D eigenvalue weighted by molar-refractivity contribution is 0.0649. The van der Waals surface area contributed by atoms with Crippen molar-refractivity contribution in [1.29, 1.82) is 0 Å². The lowest BCUT2D eigenvalue weighted by Gasteiger charge is -2.06. The van der Waals surface area contributed by atoms with E-state index in [4.69, 9.17) is 14.8 Å². The lowest BCUT2D eigenvalue weighted by Crippen LogP contribution is -2.11. The monoisotopic (exact) mass is 246 g/mol. The van der Waals surface area contributed by atoms with Crippen LogP contribution >= 0.6 is 0 Å². The number of carboxylic acids is 2. The Bertz CT molecular complexity index is 467. The van der Waals surface area contributed by atoms with Crippen molar-refractivity contribution in [3.63, 3.8) is 0 Å². The van der Waals surface area contributed by atoms with Gasteiger partial charge in [-0.3, -0.25) is 4.55 Å². The molecular weight excluding hydrogens is 240 g/mol. The highest BCUT2D eigenvalue weighted by molar-refractivity contribution is 7.74. The fourth-order valence-corrected chi connectivity index (χ4v) is 1.37. The third kappa shape index (κ3) is 2.55. The van der Waals surface area contributed by atoms with Crippen LogP contribution in [0.15, 0.2) is 18.2 Å². The first-order chi connectivity index (χ1) is 7.43. The fourth-order valence-electron chi connectivity index (χ4n) is 1.08. The molecule has 1 atom stereocenters. The molecule has 0 heterocycles. The van der Waals surface area contributed by atoms with Gasteiger partial charge in [0.25, 0.3) is 0 Å². The van der Waals surface area contributed by atoms with Crippen LogP contribution < -0.4 is 4.18 Å². The molecule has 1 aromatic carbocycles. The van der Waals surface area contributed by atoms with E-state index in [1.54, 1.807) is 0 Å². The van der Waals surface area contributed by atoms with Crippen LogP contribution in [-0.4, -0.2) is 30.9 Å². The van der Waals surface area contributed by atoms with E-state index in [-0.39, 0.29) is 0 Å². The van der Waals surface area contributed by atoms with Crippen molar-refractivity contribution in [2.75, 3.05) is 0 Å². The standard InChI is InChI=1S/C8H6O7S/c9-7(10)4-2-1-3-5(15-16(13)14)6(4)8(11)12/h1-3H,(H,9,10)(H,11,12)(H,13,14). The minimum atomic E-state index is -2.72. The Morgan fingerprint density at radius 1 is 1.19 bits per heavy atom. The Hall–Kier alpha value is -1.93. The molecule has 16 heavy (non-hydrogen) atoms. The van der Waals surface area contributed by atoms with Gasteiger partial charge < -0.3 is 14.4 Å². The number of carbonyl (C=O) groups is 2. The zero-order chi connectivity index (χ0) is 12.3. The van der Waals surface area contributed by atoms with Crippen LogP contribution in [0.25, 0.3) is 0 Å². The molecule has 0 spiro atoms. The molecule has 1 rings (SSSR count). The molecule has 0 radical (unpaired) electrons. The van der Waals surface area contributed by atoms with Crippen LogP contribution in [0.3, 0.4) is 0 Å². The molecule has 86 valence electrons. The van der Waals surface area contributed by atoms with E-state index in [1.807, 2.05) is 0 Å². The largest absolute Gasteiger partial charge is 0.478 e. The maximum Gasteiger partial charge on any atom is 0.357 e. The van der Waals surface area contributed by atoms with Gasteiger partial charge in [0, 0.05) is 0 Å². The molecule has 8 heteroatoms. The molecule has 0 aliphatic rings. The van der Waals surface area contributed by atoms with Gasteiger partial charge in [0.1, 0.15) is 5.56 Å². The maximum atomic E-state index is 10.8. The summed E-state index contributed by atoms with van der Waals surface area (Å²) in [5.41, 5.74) is -1.19. The van der Waals surface area contributed by atoms with Gasteiger partial charge in [-0.25, -0.2) is 9.59 Å². The van der Waals surface area contributed by atoms with Crippen molar-refractivity contribution in [3.05, 3.63) is 29.3 Å². The minimum Gasteiger partial charge on any atom is -0.478 e. The summed E-state index contributed by atoms with van der Waals surface area (Å²) in [5, 5.41) is 17.5. The van der Waals surface area contributed by atoms with E-state index in [0.29, 0.717) is 0 Å². The van der Waals surface area contributed by atoms with Gasteiger partial charge in [-0.05, 0) is 12.1 Å². The number of carboxylic acid groups (broad SMARTS) is 2. The van der Waals surface area contributed by atoms with E-state index >= 15 is 0 Å². The number of benzene rings is 1. The normalized spacial score (nSPS) is 11.8. The van der Waals surface area contributed by atoms with Crippen molar-refractivity contribution in [1.82, 2.24) is 0 Å². The predicted octanol–water partition coefficient (Wildman–Crippen LogP) is 0.598. The Balaban J connectivity index is 3.38. The van der Waals surface area contributed by atoms with E-state index in [0.717, 1.165) is 12.1 Å². The van der Waals surface area contributed by atoms with Crippen LogP contribution in [0.1, 0.15) is 20.7 Å². The summed E-state index contributed by atoms with van der Waals surface area (Å²) < 4.78 is 23.1. The molecular formula is C8H6O7S. The number of hydrogen-bond donors (Lipinski definition) is 3. The average Bonchev–Trinajstić information content (AvgIpc) is 2.15. The molecule has 0 aliphatic heterocycles. The third-order valence-electron chi connectivity index (χ3n) is 1.63. The molecule has 0 aliphatic carbocycles. The SMILES string of the molecule is O=C(O)c1cccc(OS(=O)O)c1C(=O)O. The van der Waals surface area contributed by atoms with Crippen molar-refractivity contribution >= 4 is 23.3 Å². The molecule has 0 saturated carbocycles. The van der Waals surface area contributed by atoms with Crippen LogP contribution in [0.4, 0.5) is 0 Å². The van der Waals surface area contributed by atoms with Gasteiger partial charge in [0.15, 0.2) is 5.75 Å². The van der Waals surface area contributed by atoms with Gasteiger partial charge in [-0.2, -0.15) is 4.21 Å². The highest BCUT2D eigenvalue weighted by Gasteiger charge is 2.22. The summed E-state index contributed by atoms with van der Waals surface area (Å²) >= 11 is -2.72. The van der Waals surface area contributed by atoms with Gasteiger partial charge >= 0.3 is 23.3 Å². The van der Waals surface area contributed by atoms with Crippen molar-refractivity contribution < 1.29 is 32.7 Å². The highest BCUT2D eigenvalue weighted by Crippen LogP contribution is 2.23. The first kappa shape index (κ1) is 12.1. The second kappa shape index (κ2) is 4.73. The zero-order valence-corrected chi connectivity index (χ0v) is 8.43. The Morgan fingerprint density at radius 3 is 2.25 bits per heavy atom. The van der Waals surface area contributed by atoms with Gasteiger partial charge in [0.05, 0.1) is 5.56 Å². The first-order valence-electron chi connectivity index (χ1n) is 3.82. The second-order valence-corrected chi connectivity index (χ2v) is 3.19. The molecule has 1 aromatic rings. The van der Waals surface area contributed by atoms with E-state index in [9.17, 15) is 13.8 Å². The lowest BCUT2D eigenvalue weighted by atomic mass is 10.1. The van der Waals surface area contributed by atoms with Crippen LogP contribution in [-0.2, 0) is 11.4 Å². The van der Waals surface area contributed by atoms with Crippen LogP contribution in [0, 0.1) is 0 Å². The summed E-state index contributed by atoms with van der Waals surface area (Å²) in [6.07, 6.45) is 0. The zero-order valence-electron chi connectivity index (χ0n) is 7.61. The third-order valence-corrected chi connectivity index (χ3v) is 1.95. The first-order valence-corrected chi connectivity index (χ1v) is 4.85. The van der Waals surface area contributed by atoms with E-state index in [1.165, 1.54) is 6.07 Å². The Kier molecular flexibility index (Phi) is 3.59. The molecule has 0 saturated heterocycles. The minimum absolute atomic E-state index is 0.478. The molecule has 0 bridgehead atoms. The smallest absolute Gasteiger partial charge is 0.357 e. The topological polar surface area (TPSA) is 121 Å². The summed E-state index contributed by atoms with van der Waals surface area (Å²) in [6, 6.07) is 3.35. The molecule has 3 N–H and O–H groups in total. The highest BCUT2D eigenvalue weighted by atomic mass is 32.2. The number of rotatable bonds is 4. The summed E-state index contributed by atoms with van der Waals surface area (Å²) in [6.45, 7) is 0. The van der Waals surface area contributed by atoms with Crippen molar-refractivity contribution in [2.24, 2.45) is 0 Å². The fraction of sp³-hybridized carbons (Fsp3) is 0. The van der Waals surface area contributed by atoms with Gasteiger partial charge in [-0.1, -0.05) is 6.07 Å². The van der Waals surface area contributed by atoms with Crippen LogP contribution in [0.2, 0.25) is 0 Å². The predicted molar refractivity (Wildman–Crippen MR) is 51.8 cm³/mol. The molecule has 1 unspecified atom stereocenters. The van der Waals surface area contributed by atoms with Gasteiger partial charge in [0.2, 0.25) is 0 Å². The van der Waals surface area contributed by atoms with Crippen LogP contribution in [0.5, 0.6) is 5.75 Å². The Morgan fingerprint density at radius 2 is 1.81 bits per heavy atom. The molecule has 0 amide bonds. The number of aromatic carboxylic acids is 2. The maximum absolute atomic E-state index is 10.8. The molecule has 0 fully saturated rings. The quantitative estimate of drug-likeness (QED) is 0.665.